The number of rotatable bonds is 2. The summed E-state index contributed by atoms with van der Waals surface area (Å²) in [6.07, 6.45) is 6.35. The van der Waals surface area contributed by atoms with Crippen molar-refractivity contribution < 1.29 is 27.1 Å². The molecule has 0 aromatic heterocycles. The molecule has 6 nitrogen and oxygen atoms in total. The molecule has 7 heteroatoms. The van der Waals surface area contributed by atoms with Crippen LogP contribution in [0.15, 0.2) is 11.1 Å². The number of ketones is 1. The summed E-state index contributed by atoms with van der Waals surface area (Å²) in [4.78, 5) is 12.4. The van der Waals surface area contributed by atoms with Crippen molar-refractivity contribution in [3.05, 3.63) is 11.1 Å². The molecule has 0 aliphatic heterocycles. The molecule has 0 saturated heterocycles. The number of hydrogen-bond donors (Lipinski definition) is 2. The molecule has 0 heterocycles. The highest BCUT2D eigenvalue weighted by Crippen LogP contribution is 2.60. The minimum Gasteiger partial charge on any atom is -0.364 e. The maximum Gasteiger partial charge on any atom is 0.400 e. The van der Waals surface area contributed by atoms with Gasteiger partial charge in [-0.15, -0.1) is 0 Å². The molecule has 0 aromatic carbocycles. The zero-order valence-corrected chi connectivity index (χ0v) is 15.3. The van der Waals surface area contributed by atoms with Gasteiger partial charge in [-0.2, -0.15) is 8.42 Å². The highest BCUT2D eigenvalue weighted by Gasteiger charge is 2.55. The van der Waals surface area contributed by atoms with Crippen LogP contribution in [0.3, 0.4) is 0 Å². The third-order valence-corrected chi connectivity index (χ3v) is 7.88. The molecule has 4 aliphatic carbocycles. The summed E-state index contributed by atoms with van der Waals surface area (Å²) >= 11 is 0. The van der Waals surface area contributed by atoms with Crippen LogP contribution in [-0.2, 0) is 19.4 Å². The van der Waals surface area contributed by atoms with Gasteiger partial charge in [-0.3, -0.25) is 9.35 Å². The second-order valence-electron chi connectivity index (χ2n) is 8.60. The summed E-state index contributed by atoms with van der Waals surface area (Å²) in [7, 11) is -4.68. The molecular weight excluding hydrogens is 344 g/mol. The van der Waals surface area contributed by atoms with Gasteiger partial charge in [0.1, 0.15) is 5.78 Å². The summed E-state index contributed by atoms with van der Waals surface area (Å²) in [5.74, 6) is 0.0322. The predicted octanol–water partition coefficient (Wildman–Crippen LogP) is 2.78. The first-order chi connectivity index (χ1) is 11.6. The molecule has 0 bridgehead atoms. The first-order valence-electron chi connectivity index (χ1n) is 9.26. The van der Waals surface area contributed by atoms with E-state index in [0.717, 1.165) is 37.7 Å². The Morgan fingerprint density at radius 3 is 2.60 bits per heavy atom. The lowest BCUT2D eigenvalue weighted by Crippen LogP contribution is -2.46. The Balaban J connectivity index is 1.58. The van der Waals surface area contributed by atoms with Gasteiger partial charge in [0.2, 0.25) is 0 Å². The fourth-order valence-electron chi connectivity index (χ4n) is 6.24. The Morgan fingerprint density at radius 2 is 1.88 bits per heavy atom. The Morgan fingerprint density at radius 1 is 1.12 bits per heavy atom. The molecule has 0 aromatic rings. The van der Waals surface area contributed by atoms with Gasteiger partial charge in [0.15, 0.2) is 5.79 Å². The molecule has 140 valence electrons. The van der Waals surface area contributed by atoms with Crippen molar-refractivity contribution in [2.24, 2.45) is 23.2 Å². The lowest BCUT2D eigenvalue weighted by Gasteiger charge is -2.50. The molecule has 2 saturated carbocycles. The topological polar surface area (TPSA) is 101 Å². The first kappa shape index (κ1) is 17.6. The molecule has 0 amide bonds. The number of carbonyl (C=O) groups is 1. The van der Waals surface area contributed by atoms with Crippen LogP contribution in [0.5, 0.6) is 0 Å². The standard InChI is InChI=1S/C18H26O6S/c1-17-8-6-13-12-7-9-18(20,24-25(21,22)23)10-11(12)2-3-14(13)15(17)4-5-16(17)19/h13-15,20H,2-10H2,1H3,(H,21,22,23)/t13-,14-,15+,17+,18-/m1/s1. The van der Waals surface area contributed by atoms with Crippen molar-refractivity contribution >= 4 is 16.2 Å². The summed E-state index contributed by atoms with van der Waals surface area (Å²) in [5.41, 5.74) is 2.29. The largest absolute Gasteiger partial charge is 0.400 e. The molecule has 0 spiro atoms. The minimum absolute atomic E-state index is 0.145. The number of aliphatic hydroxyl groups is 1. The molecule has 2 fully saturated rings. The molecule has 0 radical (unpaired) electrons. The van der Waals surface area contributed by atoms with Gasteiger partial charge < -0.3 is 5.11 Å². The maximum absolute atomic E-state index is 12.4. The molecule has 25 heavy (non-hydrogen) atoms. The van der Waals surface area contributed by atoms with Crippen molar-refractivity contribution in [3.8, 4) is 0 Å². The summed E-state index contributed by atoms with van der Waals surface area (Å²) in [6, 6.07) is 0. The monoisotopic (exact) mass is 370 g/mol. The Bertz CT molecular complexity index is 741. The Kier molecular flexibility index (Phi) is 3.96. The zero-order chi connectivity index (χ0) is 18.0. The van der Waals surface area contributed by atoms with E-state index in [1.165, 1.54) is 5.57 Å². The number of hydrogen-bond acceptors (Lipinski definition) is 5. The molecular formula is C18H26O6S. The lowest BCUT2D eigenvalue weighted by molar-refractivity contribution is -0.148. The predicted molar refractivity (Wildman–Crippen MR) is 89.7 cm³/mol. The molecule has 0 unspecified atom stereocenters. The number of carbonyl (C=O) groups excluding carboxylic acids is 1. The van der Waals surface area contributed by atoms with Gasteiger partial charge in [0.05, 0.1) is 0 Å². The Labute approximate surface area is 148 Å². The van der Waals surface area contributed by atoms with E-state index >= 15 is 0 Å². The van der Waals surface area contributed by atoms with E-state index in [1.54, 1.807) is 0 Å². The maximum atomic E-state index is 12.4. The summed E-state index contributed by atoms with van der Waals surface area (Å²) in [6.45, 7) is 2.15. The zero-order valence-electron chi connectivity index (χ0n) is 14.5. The molecule has 2 N–H and O–H groups in total. The lowest BCUT2D eigenvalue weighted by atomic mass is 9.54. The van der Waals surface area contributed by atoms with E-state index in [0.29, 0.717) is 36.4 Å². The van der Waals surface area contributed by atoms with Crippen molar-refractivity contribution in [3.63, 3.8) is 0 Å². The van der Waals surface area contributed by atoms with Gasteiger partial charge in [0, 0.05) is 24.7 Å². The average molecular weight is 370 g/mol. The van der Waals surface area contributed by atoms with Crippen molar-refractivity contribution in [2.75, 3.05) is 0 Å². The van der Waals surface area contributed by atoms with E-state index in [4.69, 9.17) is 4.55 Å². The summed E-state index contributed by atoms with van der Waals surface area (Å²) < 4.78 is 35.5. The number of allylic oxidation sites excluding steroid dienone is 1. The van der Waals surface area contributed by atoms with Crippen LogP contribution in [0.1, 0.15) is 64.7 Å². The van der Waals surface area contributed by atoms with Crippen LogP contribution in [0.25, 0.3) is 0 Å². The van der Waals surface area contributed by atoms with E-state index in [-0.39, 0.29) is 18.3 Å². The summed E-state index contributed by atoms with van der Waals surface area (Å²) in [5, 5.41) is 10.4. The number of Topliss-reactive ketones (excluding diaryl/α,β-unsaturated/α-hetero) is 1. The normalized spacial score (nSPS) is 44.3. The quantitative estimate of drug-likeness (QED) is 0.440. The van der Waals surface area contributed by atoms with E-state index in [9.17, 15) is 18.3 Å². The average Bonchev–Trinajstić information content (AvgIpc) is 2.80. The van der Waals surface area contributed by atoms with Crippen LogP contribution in [0, 0.1) is 23.2 Å². The van der Waals surface area contributed by atoms with Crippen LogP contribution in [0.4, 0.5) is 0 Å². The second-order valence-corrected chi connectivity index (χ2v) is 9.62. The first-order valence-corrected chi connectivity index (χ1v) is 10.6. The molecule has 5 atom stereocenters. The second kappa shape index (κ2) is 5.62. The van der Waals surface area contributed by atoms with E-state index in [2.05, 4.69) is 11.1 Å². The smallest absolute Gasteiger partial charge is 0.364 e. The van der Waals surface area contributed by atoms with Crippen molar-refractivity contribution in [2.45, 2.75) is 70.5 Å². The fourth-order valence-corrected chi connectivity index (χ4v) is 6.77. The van der Waals surface area contributed by atoms with Crippen LogP contribution >= 0.6 is 0 Å². The highest BCUT2D eigenvalue weighted by atomic mass is 32.3. The van der Waals surface area contributed by atoms with Gasteiger partial charge in [-0.25, -0.2) is 4.18 Å². The van der Waals surface area contributed by atoms with Crippen LogP contribution in [0.2, 0.25) is 0 Å². The third-order valence-electron chi connectivity index (χ3n) is 7.36. The van der Waals surface area contributed by atoms with Crippen LogP contribution in [-0.4, -0.2) is 29.6 Å². The minimum atomic E-state index is -4.68. The number of fused-ring (bicyclic) bond motifs is 4. The fraction of sp³-hybridized carbons (Fsp3) is 0.833. The van der Waals surface area contributed by atoms with Gasteiger partial charge in [-0.1, -0.05) is 18.1 Å². The Hall–Kier alpha value is -0.760. The van der Waals surface area contributed by atoms with E-state index < -0.39 is 16.2 Å². The highest BCUT2D eigenvalue weighted by molar-refractivity contribution is 7.80. The van der Waals surface area contributed by atoms with Crippen LogP contribution < -0.4 is 0 Å². The molecule has 4 aliphatic rings. The van der Waals surface area contributed by atoms with E-state index in [1.807, 2.05) is 0 Å². The molecule has 4 rings (SSSR count). The van der Waals surface area contributed by atoms with Gasteiger partial charge in [-0.05, 0) is 56.3 Å². The SMILES string of the molecule is C[C@]12CC[C@@H]3C4=C(CC[C@H]3[C@@H]1CCC2=O)C[C@](O)(OS(=O)(=O)O)CC4. The van der Waals surface area contributed by atoms with Crippen molar-refractivity contribution in [1.82, 2.24) is 0 Å². The van der Waals surface area contributed by atoms with Crippen molar-refractivity contribution in [1.29, 1.82) is 0 Å². The third kappa shape index (κ3) is 2.89. The van der Waals surface area contributed by atoms with Gasteiger partial charge in [0.25, 0.3) is 0 Å². The van der Waals surface area contributed by atoms with Gasteiger partial charge >= 0.3 is 10.4 Å².